The van der Waals surface area contributed by atoms with Gasteiger partial charge in [0.15, 0.2) is 0 Å². The molecule has 7 radical (unpaired) electrons. The molecule has 0 fully saturated rings. The normalized spacial score (nSPS) is 0. The molecular weight excluding hydrogens is 217 g/mol. The maximum Gasteiger partial charge on any atom is 0 e. The summed E-state index contributed by atoms with van der Waals surface area (Å²) in [5.41, 5.74) is 0. The SMILES string of the molecule is [As].[Fe].[Mn].[P]. The van der Waals surface area contributed by atoms with Gasteiger partial charge in [-0.1, -0.05) is 0 Å². The van der Waals surface area contributed by atoms with E-state index in [0.717, 1.165) is 0 Å². The van der Waals surface area contributed by atoms with E-state index in [1.165, 1.54) is 0 Å². The van der Waals surface area contributed by atoms with Crippen LogP contribution in [-0.2, 0) is 34.1 Å². The standard InChI is InChI=1S/As.Fe.Mn.P. The molecule has 4 heavy (non-hydrogen) atoms. The van der Waals surface area contributed by atoms with Crippen LogP contribution < -0.4 is 0 Å². The van der Waals surface area contributed by atoms with E-state index in [1.54, 1.807) is 0 Å². The van der Waals surface area contributed by atoms with Crippen LogP contribution in [0.5, 0.6) is 0 Å². The zero-order valence-electron chi connectivity index (χ0n) is 1.63. The third-order valence-electron chi connectivity index (χ3n) is 0. The first-order valence-corrected chi connectivity index (χ1v) is 0. The average Bonchev–Trinajstić information content (AvgIpc) is 0. The summed E-state index contributed by atoms with van der Waals surface area (Å²) in [4.78, 5) is 0. The molecule has 0 aromatic carbocycles. The third kappa shape index (κ3) is 8.98. The monoisotopic (exact) mass is 217 g/mol. The molecule has 0 aliphatic heterocycles. The van der Waals surface area contributed by atoms with Crippen LogP contribution in [0.15, 0.2) is 0 Å². The molecule has 0 saturated heterocycles. The van der Waals surface area contributed by atoms with Gasteiger partial charge in [0.1, 0.15) is 0 Å². The Hall–Kier alpha value is 2.03. The fourth-order valence-corrected chi connectivity index (χ4v) is 0. The summed E-state index contributed by atoms with van der Waals surface area (Å²) in [6, 6.07) is 0. The van der Waals surface area contributed by atoms with E-state index in [9.17, 15) is 0 Å². The maximum atomic E-state index is 0. The number of rotatable bonds is 0. The van der Waals surface area contributed by atoms with E-state index in [2.05, 4.69) is 0 Å². The summed E-state index contributed by atoms with van der Waals surface area (Å²) in [6.07, 6.45) is 0. The summed E-state index contributed by atoms with van der Waals surface area (Å²) in [5.74, 6) is 0. The number of hydrogen-bond donors (Lipinski definition) is 0. The van der Waals surface area contributed by atoms with Crippen molar-refractivity contribution in [2.45, 2.75) is 0 Å². The van der Waals surface area contributed by atoms with Gasteiger partial charge >= 0.3 is 0 Å². The Morgan fingerprint density at radius 2 is 1.00 bits per heavy atom. The van der Waals surface area contributed by atoms with Crippen LogP contribution in [0.4, 0.5) is 0 Å². The van der Waals surface area contributed by atoms with E-state index in [4.69, 9.17) is 0 Å². The molecule has 0 amide bonds. The second-order valence-electron chi connectivity index (χ2n) is 0. The van der Waals surface area contributed by atoms with Gasteiger partial charge in [-0.2, -0.15) is 0 Å². The van der Waals surface area contributed by atoms with Gasteiger partial charge in [0.25, 0.3) is 0 Å². The van der Waals surface area contributed by atoms with Gasteiger partial charge in [-0.25, -0.2) is 0 Å². The van der Waals surface area contributed by atoms with Crippen molar-refractivity contribution >= 4 is 27.9 Å². The Labute approximate surface area is 61.7 Å². The van der Waals surface area contributed by atoms with Crippen molar-refractivity contribution in [1.29, 1.82) is 0 Å². The minimum Gasteiger partial charge on any atom is 0 e. The molecule has 0 spiro atoms. The van der Waals surface area contributed by atoms with E-state index >= 15 is 0 Å². The molecular formula is AsFeMnP. The average molecular weight is 217 g/mol. The van der Waals surface area contributed by atoms with Crippen LogP contribution in [0.2, 0.25) is 0 Å². The van der Waals surface area contributed by atoms with E-state index in [1.807, 2.05) is 0 Å². The Kier molecular flexibility index (Phi) is 184. The summed E-state index contributed by atoms with van der Waals surface area (Å²) in [6.45, 7) is 0. The second-order valence-corrected chi connectivity index (χ2v) is 0. The van der Waals surface area contributed by atoms with Crippen molar-refractivity contribution < 1.29 is 34.1 Å². The van der Waals surface area contributed by atoms with Crippen molar-refractivity contribution in [3.63, 3.8) is 0 Å². The van der Waals surface area contributed by atoms with Gasteiger partial charge in [-0.3, -0.25) is 0 Å². The fourth-order valence-electron chi connectivity index (χ4n) is 0. The van der Waals surface area contributed by atoms with E-state index in [-0.39, 0.29) is 62.0 Å². The zero-order chi connectivity index (χ0) is 0. The largest absolute Gasteiger partial charge is 0 e. The summed E-state index contributed by atoms with van der Waals surface area (Å²) < 4.78 is 0. The minimum absolute atomic E-state index is 0. The Morgan fingerprint density at radius 1 is 1.00 bits per heavy atom. The zero-order valence-corrected chi connectivity index (χ0v) is 6.68. The predicted molar refractivity (Wildman–Crippen MR) is 12.7 cm³/mol. The van der Waals surface area contributed by atoms with Crippen LogP contribution in [0.25, 0.3) is 0 Å². The first-order chi connectivity index (χ1) is 0. The van der Waals surface area contributed by atoms with Crippen LogP contribution >= 0.6 is 9.90 Å². The van der Waals surface area contributed by atoms with Gasteiger partial charge in [0.2, 0.25) is 0 Å². The molecule has 0 N–H and O–H groups in total. The van der Waals surface area contributed by atoms with Crippen LogP contribution in [0.1, 0.15) is 0 Å². The Balaban J connectivity index is 0. The van der Waals surface area contributed by atoms with Gasteiger partial charge < -0.3 is 0 Å². The molecule has 4 heteroatoms. The first kappa shape index (κ1) is 37.1. The van der Waals surface area contributed by atoms with Crippen molar-refractivity contribution in [2.75, 3.05) is 0 Å². The molecule has 0 bridgehead atoms. The molecule has 0 saturated carbocycles. The molecule has 25 valence electrons. The summed E-state index contributed by atoms with van der Waals surface area (Å²) in [5, 5.41) is 0. The van der Waals surface area contributed by atoms with Gasteiger partial charge in [-0.15, -0.1) is 0 Å². The summed E-state index contributed by atoms with van der Waals surface area (Å²) >= 11 is 0. The molecule has 0 aromatic rings. The van der Waals surface area contributed by atoms with Crippen molar-refractivity contribution in [2.24, 2.45) is 0 Å². The molecule has 0 aromatic heterocycles. The third-order valence-corrected chi connectivity index (χ3v) is 0. The molecule has 0 nitrogen and oxygen atoms in total. The second kappa shape index (κ2) is 19.8. The molecule has 0 aliphatic carbocycles. The van der Waals surface area contributed by atoms with Crippen LogP contribution in [0, 0.1) is 0 Å². The smallest absolute Gasteiger partial charge is 0 e. The molecule has 0 heterocycles. The van der Waals surface area contributed by atoms with Crippen LogP contribution in [-0.4, -0.2) is 18.0 Å². The molecule has 0 unspecified atom stereocenters. The predicted octanol–water partition coefficient (Wildman–Crippen LogP) is 0.475. The maximum absolute atomic E-state index is 0. The summed E-state index contributed by atoms with van der Waals surface area (Å²) in [7, 11) is 0. The molecule has 0 atom stereocenters. The van der Waals surface area contributed by atoms with Crippen molar-refractivity contribution in [1.82, 2.24) is 0 Å². The molecule has 0 aliphatic rings. The van der Waals surface area contributed by atoms with Gasteiger partial charge in [0, 0.05) is 62.0 Å². The number of hydrogen-bond acceptors (Lipinski definition) is 0. The van der Waals surface area contributed by atoms with Gasteiger partial charge in [0.05, 0.1) is 0 Å². The van der Waals surface area contributed by atoms with Gasteiger partial charge in [-0.05, 0) is 0 Å². The molecule has 0 rings (SSSR count). The Bertz CT molecular complexity index is 8.00. The first-order valence-electron chi connectivity index (χ1n) is 0. The fraction of sp³-hybridized carbons (Fsp3) is 0. The van der Waals surface area contributed by atoms with Crippen molar-refractivity contribution in [3.8, 4) is 0 Å². The van der Waals surface area contributed by atoms with E-state index < -0.39 is 0 Å². The quantitative estimate of drug-likeness (QED) is 0.408. The van der Waals surface area contributed by atoms with Crippen molar-refractivity contribution in [3.05, 3.63) is 0 Å². The topological polar surface area (TPSA) is 0 Å². The van der Waals surface area contributed by atoms with Crippen LogP contribution in [0.3, 0.4) is 0 Å². The Morgan fingerprint density at radius 3 is 1.00 bits per heavy atom. The van der Waals surface area contributed by atoms with E-state index in [0.29, 0.717) is 0 Å². The minimum atomic E-state index is 0.